The molecule has 0 bridgehead atoms. The number of carbonyl (C=O) groups excluding carboxylic acids is 1. The largest absolute Gasteiger partial charge is 0.378 e. The number of nitrogens with one attached hydrogen (secondary N) is 1. The molecule has 35 heavy (non-hydrogen) atoms. The molecule has 1 amide bonds. The van der Waals surface area contributed by atoms with Crippen molar-refractivity contribution in [3.05, 3.63) is 64.5 Å². The fraction of sp³-hybridized carbons (Fsp3) is 0.423. The molecule has 2 fully saturated rings. The smallest absolute Gasteiger partial charge is 0.241 e. The van der Waals surface area contributed by atoms with Gasteiger partial charge in [-0.05, 0) is 49.2 Å². The second kappa shape index (κ2) is 11.3. The number of rotatable bonds is 7. The average Bonchev–Trinajstić information content (AvgIpc) is 3.37. The molecule has 1 N–H and O–H groups in total. The van der Waals surface area contributed by atoms with Crippen LogP contribution in [0.2, 0.25) is 0 Å². The van der Waals surface area contributed by atoms with Crippen LogP contribution in [0.5, 0.6) is 0 Å². The number of benzene rings is 2. The lowest BCUT2D eigenvalue weighted by atomic mass is 9.97. The minimum atomic E-state index is -0.0381. The molecule has 2 aromatic carbocycles. The van der Waals surface area contributed by atoms with E-state index >= 15 is 0 Å². The van der Waals surface area contributed by atoms with Crippen molar-refractivity contribution in [2.75, 3.05) is 44.3 Å². The van der Waals surface area contributed by atoms with E-state index in [0.29, 0.717) is 31.3 Å². The molecule has 2 aliphatic heterocycles. The molecule has 184 valence electrons. The summed E-state index contributed by atoms with van der Waals surface area (Å²) in [6.07, 6.45) is 1.87. The van der Waals surface area contributed by atoms with Crippen molar-refractivity contribution in [2.24, 2.45) is 5.92 Å². The molecule has 1 atom stereocenters. The summed E-state index contributed by atoms with van der Waals surface area (Å²) in [5.74, 6) is 1.21. The Hall–Kier alpha value is -2.75. The first kappa shape index (κ1) is 24.0. The minimum Gasteiger partial charge on any atom is -0.378 e. The van der Waals surface area contributed by atoms with Gasteiger partial charge in [-0.1, -0.05) is 45.4 Å². The SMILES string of the molecule is O=C(NCc1ccc(N2CCOCC2)cc1)C1CCCN(Cc2nc(-c3cccc(Br)c3)no2)C1. The Bertz CT molecular complexity index is 1130. The van der Waals surface area contributed by atoms with Crippen molar-refractivity contribution >= 4 is 27.5 Å². The zero-order valence-electron chi connectivity index (χ0n) is 19.7. The van der Waals surface area contributed by atoms with Crippen LogP contribution >= 0.6 is 15.9 Å². The van der Waals surface area contributed by atoms with Gasteiger partial charge in [0.1, 0.15) is 0 Å². The van der Waals surface area contributed by atoms with Crippen LogP contribution in [0.1, 0.15) is 24.3 Å². The highest BCUT2D eigenvalue weighted by Crippen LogP contribution is 2.23. The molecule has 9 heteroatoms. The van der Waals surface area contributed by atoms with Gasteiger partial charge in [-0.2, -0.15) is 4.98 Å². The molecule has 5 rings (SSSR count). The van der Waals surface area contributed by atoms with Gasteiger partial charge >= 0.3 is 0 Å². The van der Waals surface area contributed by atoms with Crippen LogP contribution in [0.25, 0.3) is 11.4 Å². The van der Waals surface area contributed by atoms with Crippen molar-refractivity contribution in [2.45, 2.75) is 25.9 Å². The van der Waals surface area contributed by atoms with Crippen LogP contribution in [0.4, 0.5) is 5.69 Å². The molecule has 0 saturated carbocycles. The quantitative estimate of drug-likeness (QED) is 0.487. The molecule has 1 aromatic heterocycles. The van der Waals surface area contributed by atoms with Gasteiger partial charge in [0, 0.05) is 41.9 Å². The molecule has 8 nitrogen and oxygen atoms in total. The summed E-state index contributed by atoms with van der Waals surface area (Å²) in [5, 5.41) is 7.25. The summed E-state index contributed by atoms with van der Waals surface area (Å²) in [6, 6.07) is 16.3. The number of piperidine rings is 1. The Morgan fingerprint density at radius 2 is 1.94 bits per heavy atom. The monoisotopic (exact) mass is 539 g/mol. The first-order chi connectivity index (χ1) is 17.1. The lowest BCUT2D eigenvalue weighted by Gasteiger charge is -2.31. The fourth-order valence-electron chi connectivity index (χ4n) is 4.65. The number of ether oxygens (including phenoxy) is 1. The van der Waals surface area contributed by atoms with Gasteiger partial charge in [-0.15, -0.1) is 0 Å². The molecule has 0 spiro atoms. The maximum atomic E-state index is 12.9. The first-order valence-corrected chi connectivity index (χ1v) is 12.9. The maximum absolute atomic E-state index is 12.9. The highest BCUT2D eigenvalue weighted by atomic mass is 79.9. The highest BCUT2D eigenvalue weighted by molar-refractivity contribution is 9.10. The Kier molecular flexibility index (Phi) is 7.75. The van der Waals surface area contributed by atoms with Gasteiger partial charge < -0.3 is 19.5 Å². The summed E-state index contributed by atoms with van der Waals surface area (Å²) >= 11 is 3.47. The Balaban J connectivity index is 1.11. The number of halogens is 1. The Morgan fingerprint density at radius 1 is 1.11 bits per heavy atom. The van der Waals surface area contributed by atoms with Gasteiger partial charge in [-0.25, -0.2) is 0 Å². The number of aromatic nitrogens is 2. The lowest BCUT2D eigenvalue weighted by Crippen LogP contribution is -2.42. The number of morpholine rings is 1. The van der Waals surface area contributed by atoms with E-state index in [-0.39, 0.29) is 11.8 Å². The van der Waals surface area contributed by atoms with E-state index in [1.54, 1.807) is 0 Å². The summed E-state index contributed by atoms with van der Waals surface area (Å²) in [4.78, 5) is 22.0. The van der Waals surface area contributed by atoms with E-state index in [0.717, 1.165) is 61.3 Å². The summed E-state index contributed by atoms with van der Waals surface area (Å²) in [6.45, 7) is 6.08. The molecule has 2 saturated heterocycles. The Labute approximate surface area is 213 Å². The van der Waals surface area contributed by atoms with Crippen LogP contribution in [-0.4, -0.2) is 60.3 Å². The molecule has 0 radical (unpaired) electrons. The fourth-order valence-corrected chi connectivity index (χ4v) is 5.05. The number of carbonyl (C=O) groups is 1. The third-order valence-electron chi connectivity index (χ3n) is 6.57. The van der Waals surface area contributed by atoms with Crippen molar-refractivity contribution in [1.82, 2.24) is 20.4 Å². The van der Waals surface area contributed by atoms with Crippen molar-refractivity contribution in [1.29, 1.82) is 0 Å². The van der Waals surface area contributed by atoms with E-state index in [1.807, 2.05) is 24.3 Å². The number of anilines is 1. The standard InChI is InChI=1S/C26H30BrN5O3/c27-22-5-1-3-20(15-22)25-29-24(35-30-25)18-31-10-2-4-21(17-31)26(33)28-16-19-6-8-23(9-7-19)32-11-13-34-14-12-32/h1,3,5-9,15,21H,2,4,10-14,16-18H2,(H,28,33). The number of amides is 1. The average molecular weight is 540 g/mol. The minimum absolute atomic E-state index is 0.0381. The first-order valence-electron chi connectivity index (χ1n) is 12.1. The third kappa shape index (κ3) is 6.28. The topological polar surface area (TPSA) is 83.7 Å². The van der Waals surface area contributed by atoms with Crippen molar-refractivity contribution in [3.63, 3.8) is 0 Å². The highest BCUT2D eigenvalue weighted by Gasteiger charge is 2.27. The molecule has 1 unspecified atom stereocenters. The number of likely N-dealkylation sites (tertiary alicyclic amines) is 1. The second-order valence-electron chi connectivity index (χ2n) is 9.08. The van der Waals surface area contributed by atoms with Gasteiger partial charge in [0.25, 0.3) is 0 Å². The van der Waals surface area contributed by atoms with Crippen LogP contribution in [0, 0.1) is 5.92 Å². The predicted molar refractivity (Wildman–Crippen MR) is 137 cm³/mol. The molecule has 3 heterocycles. The molecule has 0 aliphatic carbocycles. The summed E-state index contributed by atoms with van der Waals surface area (Å²) in [5.41, 5.74) is 3.22. The van der Waals surface area contributed by atoms with E-state index in [2.05, 4.69) is 65.5 Å². The zero-order valence-corrected chi connectivity index (χ0v) is 21.2. The summed E-state index contributed by atoms with van der Waals surface area (Å²) in [7, 11) is 0. The maximum Gasteiger partial charge on any atom is 0.241 e. The number of nitrogens with zero attached hydrogens (tertiary/aromatic N) is 4. The second-order valence-corrected chi connectivity index (χ2v) is 10.00. The van der Waals surface area contributed by atoms with Crippen LogP contribution < -0.4 is 10.2 Å². The molecule has 3 aromatic rings. The van der Waals surface area contributed by atoms with E-state index in [1.165, 1.54) is 5.69 Å². The van der Waals surface area contributed by atoms with Gasteiger partial charge in [0.15, 0.2) is 0 Å². The predicted octanol–water partition coefficient (Wildman–Crippen LogP) is 3.86. The van der Waals surface area contributed by atoms with E-state index < -0.39 is 0 Å². The molecular formula is C26H30BrN5O3. The van der Waals surface area contributed by atoms with Gasteiger partial charge in [0.2, 0.25) is 17.6 Å². The van der Waals surface area contributed by atoms with Crippen molar-refractivity contribution in [3.8, 4) is 11.4 Å². The number of hydrogen-bond donors (Lipinski definition) is 1. The van der Waals surface area contributed by atoms with E-state index in [4.69, 9.17) is 9.26 Å². The van der Waals surface area contributed by atoms with Crippen LogP contribution in [0.15, 0.2) is 57.5 Å². The van der Waals surface area contributed by atoms with Crippen LogP contribution in [-0.2, 0) is 22.6 Å². The number of hydrogen-bond acceptors (Lipinski definition) is 7. The lowest BCUT2D eigenvalue weighted by molar-refractivity contribution is -0.127. The van der Waals surface area contributed by atoms with Crippen LogP contribution in [0.3, 0.4) is 0 Å². The Morgan fingerprint density at radius 3 is 2.74 bits per heavy atom. The van der Waals surface area contributed by atoms with E-state index in [9.17, 15) is 4.79 Å². The third-order valence-corrected chi connectivity index (χ3v) is 7.06. The zero-order chi connectivity index (χ0) is 24.0. The molecule has 2 aliphatic rings. The normalized spacial score (nSPS) is 19.0. The summed E-state index contributed by atoms with van der Waals surface area (Å²) < 4.78 is 11.9. The van der Waals surface area contributed by atoms with Gasteiger partial charge in [-0.3, -0.25) is 9.69 Å². The van der Waals surface area contributed by atoms with Gasteiger partial charge in [0.05, 0.1) is 25.7 Å². The van der Waals surface area contributed by atoms with Crippen molar-refractivity contribution < 1.29 is 14.1 Å². The molecular weight excluding hydrogens is 510 g/mol.